The molecular formula is C21H21ClFN3O3. The van der Waals surface area contributed by atoms with Crippen LogP contribution in [0.3, 0.4) is 0 Å². The molecule has 1 aromatic heterocycles. The first-order chi connectivity index (χ1) is 13.6. The summed E-state index contributed by atoms with van der Waals surface area (Å²) < 4.78 is 18.8. The van der Waals surface area contributed by atoms with E-state index >= 15 is 0 Å². The number of hydrogen-bond donors (Lipinski definition) is 2. The molecule has 0 unspecified atom stereocenters. The van der Waals surface area contributed by atoms with Gasteiger partial charge in [0.2, 0.25) is 11.8 Å². The van der Waals surface area contributed by atoms with Crippen molar-refractivity contribution in [2.45, 2.75) is 32.6 Å². The summed E-state index contributed by atoms with van der Waals surface area (Å²) in [6, 6.07) is 8.74. The molecule has 1 heterocycles. The van der Waals surface area contributed by atoms with Crippen molar-refractivity contribution >= 4 is 40.2 Å². The third-order valence-corrected chi connectivity index (χ3v) is 4.44. The average Bonchev–Trinajstić information content (AvgIpc) is 3.05. The van der Waals surface area contributed by atoms with Gasteiger partial charge in [-0.1, -0.05) is 32.4 Å². The molecule has 0 bridgehead atoms. The van der Waals surface area contributed by atoms with E-state index in [1.54, 1.807) is 18.2 Å². The molecule has 3 rings (SSSR count). The van der Waals surface area contributed by atoms with Gasteiger partial charge >= 0.3 is 0 Å². The van der Waals surface area contributed by atoms with Gasteiger partial charge in [0.1, 0.15) is 11.3 Å². The molecule has 29 heavy (non-hydrogen) atoms. The number of nitrogens with one attached hydrogen (secondary N) is 2. The van der Waals surface area contributed by atoms with Crippen LogP contribution in [0.2, 0.25) is 5.02 Å². The number of oxazole rings is 1. The number of benzene rings is 2. The number of nitrogens with zero attached hydrogens (tertiary/aromatic N) is 1. The van der Waals surface area contributed by atoms with E-state index in [-0.39, 0.29) is 34.9 Å². The fourth-order valence-electron chi connectivity index (χ4n) is 2.61. The fraction of sp³-hybridized carbons (Fsp3) is 0.286. The van der Waals surface area contributed by atoms with Crippen LogP contribution in [0.5, 0.6) is 0 Å². The molecular weight excluding hydrogens is 397 g/mol. The minimum atomic E-state index is -0.523. The molecule has 152 valence electrons. The Labute approximate surface area is 172 Å². The van der Waals surface area contributed by atoms with E-state index in [0.717, 1.165) is 12.1 Å². The van der Waals surface area contributed by atoms with Gasteiger partial charge in [0, 0.05) is 24.1 Å². The number of anilines is 1. The summed E-state index contributed by atoms with van der Waals surface area (Å²) in [5.74, 6) is -0.640. The molecule has 2 aromatic carbocycles. The van der Waals surface area contributed by atoms with Crippen LogP contribution >= 0.6 is 11.6 Å². The summed E-state index contributed by atoms with van der Waals surface area (Å²) in [4.78, 5) is 28.7. The Morgan fingerprint density at radius 1 is 1.17 bits per heavy atom. The van der Waals surface area contributed by atoms with Crippen molar-refractivity contribution in [2.24, 2.45) is 0 Å². The van der Waals surface area contributed by atoms with Crippen molar-refractivity contribution in [3.63, 3.8) is 0 Å². The number of amides is 2. The van der Waals surface area contributed by atoms with Gasteiger partial charge in [0.25, 0.3) is 5.91 Å². The highest BCUT2D eigenvalue weighted by Gasteiger charge is 2.21. The summed E-state index contributed by atoms with van der Waals surface area (Å²) in [6.45, 7) is 6.13. The molecule has 0 spiro atoms. The third kappa shape index (κ3) is 5.12. The summed E-state index contributed by atoms with van der Waals surface area (Å²) >= 11 is 5.86. The monoisotopic (exact) mass is 417 g/mol. The van der Waals surface area contributed by atoms with Gasteiger partial charge in [-0.05, 0) is 36.4 Å². The van der Waals surface area contributed by atoms with Gasteiger partial charge in [-0.2, -0.15) is 0 Å². The summed E-state index contributed by atoms with van der Waals surface area (Å²) in [6.07, 6.45) is 0.0641. The summed E-state index contributed by atoms with van der Waals surface area (Å²) in [5.41, 5.74) is 1.83. The predicted octanol–water partition coefficient (Wildman–Crippen LogP) is 4.68. The molecule has 2 N–H and O–H groups in total. The Balaban J connectivity index is 1.56. The van der Waals surface area contributed by atoms with E-state index in [0.29, 0.717) is 22.7 Å². The second-order valence-corrected chi connectivity index (χ2v) is 8.04. The lowest BCUT2D eigenvalue weighted by molar-refractivity contribution is -0.116. The largest absolute Gasteiger partial charge is 0.440 e. The highest BCUT2D eigenvalue weighted by atomic mass is 35.5. The number of halogens is 2. The zero-order valence-corrected chi connectivity index (χ0v) is 17.1. The van der Waals surface area contributed by atoms with E-state index in [4.69, 9.17) is 16.0 Å². The van der Waals surface area contributed by atoms with Gasteiger partial charge in [0.05, 0.1) is 10.6 Å². The van der Waals surface area contributed by atoms with E-state index in [2.05, 4.69) is 15.6 Å². The zero-order chi connectivity index (χ0) is 21.2. The maximum absolute atomic E-state index is 13.1. The molecule has 0 aliphatic carbocycles. The quantitative estimate of drug-likeness (QED) is 0.631. The van der Waals surface area contributed by atoms with E-state index in [1.165, 1.54) is 6.07 Å². The highest BCUT2D eigenvalue weighted by Crippen LogP contribution is 2.27. The molecule has 2 amide bonds. The summed E-state index contributed by atoms with van der Waals surface area (Å²) in [7, 11) is 0. The van der Waals surface area contributed by atoms with Crippen LogP contribution in [0.4, 0.5) is 10.1 Å². The lowest BCUT2D eigenvalue weighted by Crippen LogP contribution is -2.27. The molecule has 0 fully saturated rings. The van der Waals surface area contributed by atoms with Gasteiger partial charge in [-0.25, -0.2) is 9.37 Å². The van der Waals surface area contributed by atoms with Crippen molar-refractivity contribution < 1.29 is 18.4 Å². The number of aromatic nitrogens is 1. The van der Waals surface area contributed by atoms with Crippen LogP contribution in [0.1, 0.15) is 43.4 Å². The predicted molar refractivity (Wildman–Crippen MR) is 110 cm³/mol. The number of carbonyl (C=O) groups is 2. The first-order valence-corrected chi connectivity index (χ1v) is 9.45. The molecule has 3 aromatic rings. The molecule has 0 radical (unpaired) electrons. The highest BCUT2D eigenvalue weighted by molar-refractivity contribution is 6.33. The Morgan fingerprint density at radius 3 is 2.62 bits per heavy atom. The first-order valence-electron chi connectivity index (χ1n) is 9.07. The maximum atomic E-state index is 13.1. The van der Waals surface area contributed by atoms with Gasteiger partial charge in [0.15, 0.2) is 5.58 Å². The maximum Gasteiger partial charge on any atom is 0.252 e. The fourth-order valence-corrected chi connectivity index (χ4v) is 2.86. The Kier molecular flexibility index (Phi) is 5.88. The SMILES string of the molecule is CC(C)(C)c1nc2cc(NC(=O)CCNC(=O)c3ccc(F)cc3Cl)ccc2o1. The standard InChI is InChI=1S/C21H21ClFN3O3/c1-21(2,3)20-26-16-11-13(5-7-17(16)29-20)25-18(27)8-9-24-19(28)14-6-4-12(23)10-15(14)22/h4-7,10-11H,8-9H2,1-3H3,(H,24,28)(H,25,27). The van der Waals surface area contributed by atoms with Crippen LogP contribution in [0, 0.1) is 5.82 Å². The number of carbonyl (C=O) groups excluding carboxylic acids is 2. The average molecular weight is 418 g/mol. The van der Waals surface area contributed by atoms with E-state index < -0.39 is 11.7 Å². The first kappa shape index (κ1) is 20.8. The Morgan fingerprint density at radius 2 is 1.93 bits per heavy atom. The molecule has 0 atom stereocenters. The van der Waals surface area contributed by atoms with E-state index in [1.807, 2.05) is 20.8 Å². The van der Waals surface area contributed by atoms with Crippen LogP contribution in [-0.4, -0.2) is 23.3 Å². The molecule has 0 saturated carbocycles. The lowest BCUT2D eigenvalue weighted by atomic mass is 9.97. The van der Waals surface area contributed by atoms with Crippen molar-refractivity contribution in [3.8, 4) is 0 Å². The molecule has 8 heteroatoms. The number of fused-ring (bicyclic) bond motifs is 1. The van der Waals surface area contributed by atoms with Crippen LogP contribution in [0.25, 0.3) is 11.1 Å². The van der Waals surface area contributed by atoms with Crippen molar-refractivity contribution in [3.05, 3.63) is 58.7 Å². The second kappa shape index (κ2) is 8.21. The van der Waals surface area contributed by atoms with Gasteiger partial charge in [-0.15, -0.1) is 0 Å². The zero-order valence-electron chi connectivity index (χ0n) is 16.3. The topological polar surface area (TPSA) is 84.2 Å². The normalized spacial score (nSPS) is 11.5. The van der Waals surface area contributed by atoms with Crippen molar-refractivity contribution in [1.82, 2.24) is 10.3 Å². The molecule has 6 nitrogen and oxygen atoms in total. The van der Waals surface area contributed by atoms with Crippen molar-refractivity contribution in [1.29, 1.82) is 0 Å². The number of rotatable bonds is 5. The molecule has 0 aliphatic heterocycles. The minimum absolute atomic E-state index is 0.0162. The summed E-state index contributed by atoms with van der Waals surface area (Å²) in [5, 5.41) is 5.37. The second-order valence-electron chi connectivity index (χ2n) is 7.63. The lowest BCUT2D eigenvalue weighted by Gasteiger charge is -2.11. The molecule has 0 saturated heterocycles. The Hall–Kier alpha value is -2.93. The van der Waals surface area contributed by atoms with Crippen molar-refractivity contribution in [2.75, 3.05) is 11.9 Å². The van der Waals surface area contributed by atoms with Crippen LogP contribution in [-0.2, 0) is 10.2 Å². The Bertz CT molecular complexity index is 1070. The van der Waals surface area contributed by atoms with Gasteiger partial charge in [-0.3, -0.25) is 9.59 Å². The smallest absolute Gasteiger partial charge is 0.252 e. The van der Waals surface area contributed by atoms with Crippen LogP contribution < -0.4 is 10.6 Å². The van der Waals surface area contributed by atoms with Crippen LogP contribution in [0.15, 0.2) is 40.8 Å². The van der Waals surface area contributed by atoms with Gasteiger partial charge < -0.3 is 15.1 Å². The minimum Gasteiger partial charge on any atom is -0.440 e. The molecule has 0 aliphatic rings. The van der Waals surface area contributed by atoms with E-state index in [9.17, 15) is 14.0 Å². The third-order valence-electron chi connectivity index (χ3n) is 4.13. The number of hydrogen-bond acceptors (Lipinski definition) is 4.